The van der Waals surface area contributed by atoms with E-state index in [1.807, 2.05) is 36.6 Å². The van der Waals surface area contributed by atoms with Gasteiger partial charge in [0.25, 0.3) is 0 Å². The fraction of sp³-hybridized carbons (Fsp3) is 0.188. The first-order valence-electron chi connectivity index (χ1n) is 6.79. The molecule has 0 saturated carbocycles. The second-order valence-electron chi connectivity index (χ2n) is 4.97. The molecule has 0 spiro atoms. The number of rotatable bonds is 3. The average molecular weight is 315 g/mol. The summed E-state index contributed by atoms with van der Waals surface area (Å²) in [5.41, 5.74) is 3.50. The van der Waals surface area contributed by atoms with E-state index in [1.54, 1.807) is 25.3 Å². The average Bonchev–Trinajstić information content (AvgIpc) is 2.79. The van der Waals surface area contributed by atoms with Gasteiger partial charge in [-0.15, -0.1) is 10.2 Å². The van der Waals surface area contributed by atoms with Crippen molar-refractivity contribution in [1.29, 1.82) is 0 Å². The molecule has 0 unspecified atom stereocenters. The molecule has 2 heterocycles. The zero-order valence-electron chi connectivity index (χ0n) is 12.5. The molecule has 0 aliphatic carbocycles. The summed E-state index contributed by atoms with van der Waals surface area (Å²) in [5.74, 6) is 1.32. The minimum Gasteiger partial charge on any atom is -0.495 e. The number of fused-ring (bicyclic) bond motifs is 1. The van der Waals surface area contributed by atoms with Gasteiger partial charge in [-0.05, 0) is 49.7 Å². The molecule has 1 aromatic carbocycles. The van der Waals surface area contributed by atoms with E-state index in [1.165, 1.54) is 0 Å². The van der Waals surface area contributed by atoms with Gasteiger partial charge in [0.2, 0.25) is 0 Å². The Morgan fingerprint density at radius 2 is 1.95 bits per heavy atom. The maximum Gasteiger partial charge on any atom is 0.182 e. The van der Waals surface area contributed by atoms with Gasteiger partial charge in [-0.2, -0.15) is 0 Å². The zero-order valence-corrected chi connectivity index (χ0v) is 13.3. The standard InChI is InChI=1S/C16H15ClN4O/c1-10-6-7-21-15(8-10)18-11(2)16(21)20-19-12-4-5-14(22-3)13(17)9-12/h4-9H,1-3H3. The van der Waals surface area contributed by atoms with Gasteiger partial charge in [0.05, 0.1) is 23.5 Å². The molecule has 0 N–H and O–H groups in total. The second kappa shape index (κ2) is 5.77. The van der Waals surface area contributed by atoms with E-state index in [4.69, 9.17) is 16.3 Å². The highest BCUT2D eigenvalue weighted by atomic mass is 35.5. The van der Waals surface area contributed by atoms with Crippen LogP contribution in [-0.4, -0.2) is 16.5 Å². The Morgan fingerprint density at radius 1 is 1.14 bits per heavy atom. The monoisotopic (exact) mass is 314 g/mol. The highest BCUT2D eigenvalue weighted by molar-refractivity contribution is 6.32. The van der Waals surface area contributed by atoms with Crippen LogP contribution in [0.3, 0.4) is 0 Å². The number of halogens is 1. The topological polar surface area (TPSA) is 51.2 Å². The van der Waals surface area contributed by atoms with Gasteiger partial charge in [0.15, 0.2) is 5.82 Å². The molecular formula is C16H15ClN4O. The number of azo groups is 1. The highest BCUT2D eigenvalue weighted by Crippen LogP contribution is 2.30. The van der Waals surface area contributed by atoms with Crippen LogP contribution in [0, 0.1) is 13.8 Å². The number of aryl methyl sites for hydroxylation is 2. The van der Waals surface area contributed by atoms with Crippen LogP contribution in [0.1, 0.15) is 11.3 Å². The van der Waals surface area contributed by atoms with Crippen LogP contribution in [0.2, 0.25) is 5.02 Å². The van der Waals surface area contributed by atoms with Gasteiger partial charge < -0.3 is 4.74 Å². The number of nitrogens with zero attached hydrogens (tertiary/aromatic N) is 4. The Labute approximate surface area is 133 Å². The summed E-state index contributed by atoms with van der Waals surface area (Å²) < 4.78 is 7.03. The molecule has 3 aromatic rings. The van der Waals surface area contributed by atoms with E-state index in [9.17, 15) is 0 Å². The Bertz CT molecular complexity index is 870. The lowest BCUT2D eigenvalue weighted by Crippen LogP contribution is -1.84. The van der Waals surface area contributed by atoms with Crippen LogP contribution in [0.4, 0.5) is 11.5 Å². The molecule has 0 aliphatic rings. The lowest BCUT2D eigenvalue weighted by Gasteiger charge is -2.02. The fourth-order valence-electron chi connectivity index (χ4n) is 2.19. The van der Waals surface area contributed by atoms with Crippen molar-refractivity contribution in [2.24, 2.45) is 10.2 Å². The number of benzene rings is 1. The summed E-state index contributed by atoms with van der Waals surface area (Å²) in [7, 11) is 1.58. The Balaban J connectivity index is 1.99. The van der Waals surface area contributed by atoms with Crippen LogP contribution < -0.4 is 4.74 Å². The van der Waals surface area contributed by atoms with Crippen LogP contribution in [-0.2, 0) is 0 Å². The third-order valence-corrected chi connectivity index (χ3v) is 3.62. The third-order valence-electron chi connectivity index (χ3n) is 3.32. The third kappa shape index (κ3) is 2.67. The summed E-state index contributed by atoms with van der Waals surface area (Å²) >= 11 is 6.09. The number of ether oxygens (including phenoxy) is 1. The zero-order chi connectivity index (χ0) is 15.7. The summed E-state index contributed by atoms with van der Waals surface area (Å²) in [6.45, 7) is 3.95. The van der Waals surface area contributed by atoms with Crippen molar-refractivity contribution in [1.82, 2.24) is 9.38 Å². The van der Waals surface area contributed by atoms with E-state index >= 15 is 0 Å². The molecule has 0 fully saturated rings. The van der Waals surface area contributed by atoms with Crippen LogP contribution in [0.25, 0.3) is 5.65 Å². The first kappa shape index (κ1) is 14.5. The van der Waals surface area contributed by atoms with Gasteiger partial charge >= 0.3 is 0 Å². The molecule has 0 saturated heterocycles. The van der Waals surface area contributed by atoms with Crippen molar-refractivity contribution in [2.75, 3.05) is 7.11 Å². The fourth-order valence-corrected chi connectivity index (χ4v) is 2.45. The maximum atomic E-state index is 6.09. The van der Waals surface area contributed by atoms with Gasteiger partial charge in [-0.1, -0.05) is 11.6 Å². The first-order valence-corrected chi connectivity index (χ1v) is 7.17. The maximum absolute atomic E-state index is 6.09. The molecule has 3 rings (SSSR count). The van der Waals surface area contributed by atoms with Crippen molar-refractivity contribution < 1.29 is 4.74 Å². The molecule has 22 heavy (non-hydrogen) atoms. The largest absolute Gasteiger partial charge is 0.495 e. The number of hydrogen-bond acceptors (Lipinski definition) is 4. The minimum atomic E-state index is 0.504. The van der Waals surface area contributed by atoms with Crippen LogP contribution in [0.15, 0.2) is 46.8 Å². The van der Waals surface area contributed by atoms with Gasteiger partial charge in [-0.3, -0.25) is 4.40 Å². The van der Waals surface area contributed by atoms with Crippen molar-refractivity contribution in [3.8, 4) is 5.75 Å². The Hall–Kier alpha value is -2.40. The number of imidazole rings is 1. The van der Waals surface area contributed by atoms with E-state index in [-0.39, 0.29) is 0 Å². The normalized spacial score (nSPS) is 11.5. The molecule has 2 aromatic heterocycles. The SMILES string of the molecule is COc1ccc(N=Nc2c(C)nc3cc(C)ccn23)cc1Cl. The molecule has 5 nitrogen and oxygen atoms in total. The summed E-state index contributed by atoms with van der Waals surface area (Å²) in [6, 6.07) is 9.30. The summed E-state index contributed by atoms with van der Waals surface area (Å²) in [5, 5.41) is 9.06. The molecule has 0 aliphatic heterocycles. The lowest BCUT2D eigenvalue weighted by molar-refractivity contribution is 0.415. The van der Waals surface area contributed by atoms with E-state index in [0.717, 1.165) is 16.9 Å². The summed E-state index contributed by atoms with van der Waals surface area (Å²) in [4.78, 5) is 4.49. The van der Waals surface area contributed by atoms with E-state index < -0.39 is 0 Å². The number of aromatic nitrogens is 2. The lowest BCUT2D eigenvalue weighted by atomic mass is 10.3. The van der Waals surface area contributed by atoms with Gasteiger partial charge in [-0.25, -0.2) is 4.98 Å². The molecule has 0 atom stereocenters. The van der Waals surface area contributed by atoms with Crippen molar-refractivity contribution in [3.05, 3.63) is 52.8 Å². The molecule has 0 amide bonds. The second-order valence-corrected chi connectivity index (χ2v) is 5.38. The highest BCUT2D eigenvalue weighted by Gasteiger charge is 2.08. The summed E-state index contributed by atoms with van der Waals surface area (Å²) in [6.07, 6.45) is 1.94. The van der Waals surface area contributed by atoms with E-state index in [2.05, 4.69) is 15.2 Å². The van der Waals surface area contributed by atoms with Crippen LogP contribution >= 0.6 is 11.6 Å². The number of hydrogen-bond donors (Lipinski definition) is 0. The van der Waals surface area contributed by atoms with Crippen molar-refractivity contribution in [3.63, 3.8) is 0 Å². The predicted octanol–water partition coefficient (Wildman–Crippen LogP) is 5.03. The van der Waals surface area contributed by atoms with Crippen molar-refractivity contribution in [2.45, 2.75) is 13.8 Å². The van der Waals surface area contributed by atoms with E-state index in [0.29, 0.717) is 22.3 Å². The first-order chi connectivity index (χ1) is 10.6. The molecule has 6 heteroatoms. The molecular weight excluding hydrogens is 300 g/mol. The minimum absolute atomic E-state index is 0.504. The number of pyridine rings is 1. The Morgan fingerprint density at radius 3 is 2.68 bits per heavy atom. The molecule has 112 valence electrons. The van der Waals surface area contributed by atoms with Crippen LogP contribution in [0.5, 0.6) is 5.75 Å². The Kier molecular flexibility index (Phi) is 3.81. The van der Waals surface area contributed by atoms with Crippen molar-refractivity contribution >= 4 is 28.8 Å². The van der Waals surface area contributed by atoms with Gasteiger partial charge in [0.1, 0.15) is 11.4 Å². The van der Waals surface area contributed by atoms with Gasteiger partial charge in [0, 0.05) is 6.20 Å². The quantitative estimate of drug-likeness (QED) is 0.637. The number of methoxy groups -OCH3 is 1. The molecule has 0 bridgehead atoms. The smallest absolute Gasteiger partial charge is 0.182 e. The molecule has 0 radical (unpaired) electrons. The predicted molar refractivity (Wildman–Crippen MR) is 86.8 cm³/mol.